The molecule has 0 radical (unpaired) electrons. The highest BCUT2D eigenvalue weighted by Gasteiger charge is 2.42. The first-order valence-electron chi connectivity index (χ1n) is 9.34. The number of esters is 1. The fourth-order valence-electron chi connectivity index (χ4n) is 2.07. The number of nitrogens with zero attached hydrogens (tertiary/aromatic N) is 1. The molecule has 0 saturated heterocycles. The van der Waals surface area contributed by atoms with Crippen LogP contribution in [0.1, 0.15) is 27.2 Å². The lowest BCUT2D eigenvalue weighted by Crippen LogP contribution is -2.51. The van der Waals surface area contributed by atoms with Gasteiger partial charge in [-0.2, -0.15) is 0 Å². The molecule has 1 N–H and O–H groups in total. The van der Waals surface area contributed by atoms with Crippen LogP contribution in [0, 0.1) is 0 Å². The molecule has 166 valence electrons. The third-order valence-electron chi connectivity index (χ3n) is 3.31. The van der Waals surface area contributed by atoms with Gasteiger partial charge in [0.25, 0.3) is 0 Å². The Morgan fingerprint density at radius 1 is 1.11 bits per heavy atom. The van der Waals surface area contributed by atoms with Gasteiger partial charge in [-0.05, 0) is 46.8 Å². The Labute approximate surface area is 170 Å². The van der Waals surface area contributed by atoms with Crippen LogP contribution < -0.4 is 0 Å². The van der Waals surface area contributed by atoms with Crippen molar-refractivity contribution in [3.63, 3.8) is 0 Å². The zero-order chi connectivity index (χ0) is 21.8. The fraction of sp³-hybridized carbons (Fsp3) is 0.882. The SMILES string of the molecule is CO[Si](CCCOCC(O)COC(=O)C(C)ON=C(C)C)(OC)O[Si](C)(C)C. The van der Waals surface area contributed by atoms with Gasteiger partial charge in [-0.3, -0.25) is 0 Å². The number of ether oxygens (including phenoxy) is 2. The van der Waals surface area contributed by atoms with Gasteiger partial charge < -0.3 is 32.4 Å². The van der Waals surface area contributed by atoms with E-state index in [1.165, 1.54) is 6.92 Å². The lowest BCUT2D eigenvalue weighted by molar-refractivity contribution is -0.160. The lowest BCUT2D eigenvalue weighted by Gasteiger charge is -2.33. The molecule has 0 heterocycles. The number of carbonyl (C=O) groups excluding carboxylic acids is 1. The number of hydrogen-bond donors (Lipinski definition) is 1. The van der Waals surface area contributed by atoms with Gasteiger partial charge in [0.15, 0.2) is 8.32 Å². The van der Waals surface area contributed by atoms with Crippen LogP contribution in [-0.4, -0.2) is 80.2 Å². The minimum atomic E-state index is -2.69. The van der Waals surface area contributed by atoms with E-state index in [-0.39, 0.29) is 13.2 Å². The summed E-state index contributed by atoms with van der Waals surface area (Å²) in [7, 11) is -1.28. The average Bonchev–Trinajstić information content (AvgIpc) is 2.61. The third-order valence-corrected chi connectivity index (χ3v) is 9.21. The average molecular weight is 440 g/mol. The maximum absolute atomic E-state index is 11.7. The van der Waals surface area contributed by atoms with Crippen molar-refractivity contribution in [2.45, 2.75) is 65.1 Å². The van der Waals surface area contributed by atoms with Crippen LogP contribution in [0.2, 0.25) is 25.7 Å². The Hall–Kier alpha value is -0.826. The molecule has 0 aliphatic heterocycles. The molecule has 9 nitrogen and oxygen atoms in total. The van der Waals surface area contributed by atoms with E-state index in [1.54, 1.807) is 28.1 Å². The van der Waals surface area contributed by atoms with Crippen LogP contribution >= 0.6 is 0 Å². The molecule has 0 aromatic rings. The van der Waals surface area contributed by atoms with Gasteiger partial charge in [0, 0.05) is 26.9 Å². The van der Waals surface area contributed by atoms with Gasteiger partial charge in [-0.1, -0.05) is 5.16 Å². The molecule has 0 amide bonds. The number of aliphatic hydroxyl groups is 1. The summed E-state index contributed by atoms with van der Waals surface area (Å²) in [6.45, 7) is 11.6. The zero-order valence-electron chi connectivity index (χ0n) is 18.4. The van der Waals surface area contributed by atoms with Crippen molar-refractivity contribution in [2.75, 3.05) is 34.0 Å². The van der Waals surface area contributed by atoms with Crippen molar-refractivity contribution in [3.05, 3.63) is 0 Å². The van der Waals surface area contributed by atoms with E-state index >= 15 is 0 Å². The van der Waals surface area contributed by atoms with Gasteiger partial charge in [-0.25, -0.2) is 4.79 Å². The molecule has 2 unspecified atom stereocenters. The first-order chi connectivity index (χ1) is 12.9. The van der Waals surface area contributed by atoms with Crippen molar-refractivity contribution < 1.29 is 37.2 Å². The van der Waals surface area contributed by atoms with E-state index < -0.39 is 35.3 Å². The summed E-state index contributed by atoms with van der Waals surface area (Å²) in [5, 5.41) is 13.6. The molecule has 0 aromatic heterocycles. The maximum atomic E-state index is 11.7. The summed E-state index contributed by atoms with van der Waals surface area (Å²) in [6.07, 6.45) is -1.09. The number of rotatable bonds is 15. The Kier molecular flexibility index (Phi) is 13.0. The van der Waals surface area contributed by atoms with Gasteiger partial charge in [0.05, 0.1) is 12.3 Å². The topological polar surface area (TPSA) is 105 Å². The van der Waals surface area contributed by atoms with Gasteiger partial charge in [0.2, 0.25) is 6.10 Å². The largest absolute Gasteiger partial charge is 0.490 e. The Balaban J connectivity index is 4.10. The van der Waals surface area contributed by atoms with Crippen molar-refractivity contribution in [1.29, 1.82) is 0 Å². The van der Waals surface area contributed by atoms with Crippen molar-refractivity contribution in [2.24, 2.45) is 5.16 Å². The highest BCUT2D eigenvalue weighted by Crippen LogP contribution is 2.21. The van der Waals surface area contributed by atoms with Crippen LogP contribution in [0.5, 0.6) is 0 Å². The Morgan fingerprint density at radius 2 is 1.71 bits per heavy atom. The second kappa shape index (κ2) is 13.4. The van der Waals surface area contributed by atoms with E-state index in [9.17, 15) is 9.90 Å². The molecule has 0 aromatic carbocycles. The van der Waals surface area contributed by atoms with Crippen LogP contribution in [-0.2, 0) is 32.1 Å². The molecule has 0 bridgehead atoms. The summed E-state index contributed by atoms with van der Waals surface area (Å²) < 4.78 is 27.7. The first-order valence-corrected chi connectivity index (χ1v) is 14.7. The van der Waals surface area contributed by atoms with Crippen LogP contribution in [0.4, 0.5) is 0 Å². The van der Waals surface area contributed by atoms with Gasteiger partial charge >= 0.3 is 14.8 Å². The minimum Gasteiger partial charge on any atom is -0.460 e. The van der Waals surface area contributed by atoms with Crippen LogP contribution in [0.25, 0.3) is 0 Å². The van der Waals surface area contributed by atoms with Gasteiger partial charge in [-0.15, -0.1) is 0 Å². The summed E-state index contributed by atoms with van der Waals surface area (Å²) in [5.74, 6) is -0.594. The molecule has 0 aliphatic rings. The van der Waals surface area contributed by atoms with E-state index in [4.69, 9.17) is 27.3 Å². The predicted octanol–water partition coefficient (Wildman–Crippen LogP) is 2.18. The number of aliphatic hydroxyl groups excluding tert-OH is 1. The summed E-state index contributed by atoms with van der Waals surface area (Å²) in [6, 6.07) is 0.627. The highest BCUT2D eigenvalue weighted by atomic mass is 28.5. The molecule has 0 saturated carbocycles. The van der Waals surface area contributed by atoms with Crippen molar-refractivity contribution in [3.8, 4) is 0 Å². The van der Waals surface area contributed by atoms with Crippen LogP contribution in [0.3, 0.4) is 0 Å². The summed E-state index contributed by atoms with van der Waals surface area (Å²) in [4.78, 5) is 16.7. The second-order valence-electron chi connectivity index (χ2n) is 7.55. The molecule has 0 spiro atoms. The molecular weight excluding hydrogens is 402 g/mol. The molecule has 0 aliphatic carbocycles. The van der Waals surface area contributed by atoms with Crippen molar-refractivity contribution in [1.82, 2.24) is 0 Å². The Morgan fingerprint density at radius 3 is 2.21 bits per heavy atom. The zero-order valence-corrected chi connectivity index (χ0v) is 20.4. The third kappa shape index (κ3) is 12.6. The summed E-state index contributed by atoms with van der Waals surface area (Å²) >= 11 is 0. The van der Waals surface area contributed by atoms with E-state index in [0.29, 0.717) is 24.8 Å². The molecular formula is C17H37NO8Si2. The van der Waals surface area contributed by atoms with Crippen molar-refractivity contribution >= 4 is 28.8 Å². The first kappa shape index (κ1) is 27.2. The second-order valence-corrected chi connectivity index (χ2v) is 15.3. The number of carbonyl (C=O) groups is 1. The monoisotopic (exact) mass is 439 g/mol. The fourth-order valence-corrected chi connectivity index (χ4v) is 8.03. The Bertz CT molecular complexity index is 476. The standard InChI is InChI=1S/C17H37NO8Si2/c1-14(2)18-25-15(3)17(20)24-13-16(19)12-23-10-9-11-28(21-4,22-5)26-27(6,7)8/h15-16,19H,9-13H2,1-8H3. The summed E-state index contributed by atoms with van der Waals surface area (Å²) in [5.41, 5.74) is 0.692. The van der Waals surface area contributed by atoms with E-state index in [0.717, 1.165) is 0 Å². The highest BCUT2D eigenvalue weighted by molar-refractivity contribution is 6.79. The molecule has 28 heavy (non-hydrogen) atoms. The number of oxime groups is 1. The molecule has 11 heteroatoms. The maximum Gasteiger partial charge on any atom is 0.490 e. The van der Waals surface area contributed by atoms with Gasteiger partial charge in [0.1, 0.15) is 12.7 Å². The number of hydrogen-bond acceptors (Lipinski definition) is 9. The minimum absolute atomic E-state index is 0.0537. The lowest BCUT2D eigenvalue weighted by atomic mass is 10.4. The molecule has 0 fully saturated rings. The predicted molar refractivity (Wildman–Crippen MR) is 111 cm³/mol. The smallest absolute Gasteiger partial charge is 0.460 e. The van der Waals surface area contributed by atoms with E-state index in [1.807, 2.05) is 0 Å². The normalized spacial score (nSPS) is 14.3. The van der Waals surface area contributed by atoms with E-state index in [2.05, 4.69) is 24.8 Å². The molecule has 2 atom stereocenters. The van der Waals surface area contributed by atoms with Crippen LogP contribution in [0.15, 0.2) is 5.16 Å². The molecule has 0 rings (SSSR count). The quantitative estimate of drug-likeness (QED) is 0.136.